The summed E-state index contributed by atoms with van der Waals surface area (Å²) in [5, 5.41) is 2.30. The molecule has 1 heterocycles. The van der Waals surface area contributed by atoms with Crippen LogP contribution in [0.4, 0.5) is 13.2 Å². The van der Waals surface area contributed by atoms with Crippen LogP contribution in [0.1, 0.15) is 22.9 Å². The molecule has 0 aromatic carbocycles. The van der Waals surface area contributed by atoms with Gasteiger partial charge in [-0.25, -0.2) is 4.98 Å². The molecule has 84 valence electrons. The number of halogens is 3. The van der Waals surface area contributed by atoms with Gasteiger partial charge in [-0.1, -0.05) is 0 Å². The topological polar surface area (TPSA) is 42.0 Å². The van der Waals surface area contributed by atoms with Gasteiger partial charge in [-0.05, 0) is 13.8 Å². The Balaban J connectivity index is 2.64. The van der Waals surface area contributed by atoms with E-state index in [1.54, 1.807) is 13.1 Å². The molecule has 0 bridgehead atoms. The van der Waals surface area contributed by atoms with Crippen LogP contribution in [0, 0.1) is 6.92 Å². The zero-order chi connectivity index (χ0) is 11.6. The number of amides is 1. The first-order valence-corrected chi connectivity index (χ1v) is 4.92. The number of nitrogens with one attached hydrogen (secondary N) is 1. The number of hydrogen-bond acceptors (Lipinski definition) is 3. The van der Waals surface area contributed by atoms with Gasteiger partial charge in [-0.3, -0.25) is 4.79 Å². The minimum Gasteiger partial charge on any atom is -0.339 e. The van der Waals surface area contributed by atoms with Crippen LogP contribution >= 0.6 is 11.3 Å². The quantitative estimate of drug-likeness (QED) is 0.858. The maximum absolute atomic E-state index is 11.9. The Hall–Kier alpha value is -1.11. The van der Waals surface area contributed by atoms with Crippen LogP contribution in [-0.2, 0) is 4.79 Å². The van der Waals surface area contributed by atoms with Crippen molar-refractivity contribution in [3.8, 4) is 0 Å². The molecule has 1 rings (SSSR count). The monoisotopic (exact) mass is 238 g/mol. The summed E-state index contributed by atoms with van der Waals surface area (Å²) in [6.07, 6.45) is -3.29. The third-order valence-corrected chi connectivity index (χ3v) is 2.71. The molecule has 1 aromatic rings. The number of nitrogens with zero attached hydrogens (tertiary/aromatic N) is 1. The van der Waals surface area contributed by atoms with E-state index in [-0.39, 0.29) is 0 Å². The summed E-state index contributed by atoms with van der Waals surface area (Å²) in [7, 11) is 0. The highest BCUT2D eigenvalue weighted by molar-refractivity contribution is 7.11. The molecule has 1 N–H and O–H groups in total. The van der Waals surface area contributed by atoms with Gasteiger partial charge in [-0.2, -0.15) is 13.2 Å². The molecule has 0 saturated heterocycles. The third kappa shape index (κ3) is 3.19. The van der Waals surface area contributed by atoms with E-state index in [4.69, 9.17) is 0 Å². The van der Waals surface area contributed by atoms with E-state index in [0.717, 1.165) is 4.88 Å². The summed E-state index contributed by atoms with van der Waals surface area (Å²) < 4.78 is 35.7. The minimum atomic E-state index is -4.85. The van der Waals surface area contributed by atoms with Crippen molar-refractivity contribution in [2.45, 2.75) is 26.1 Å². The first-order valence-electron chi connectivity index (χ1n) is 4.10. The second-order valence-electron chi connectivity index (χ2n) is 3.00. The van der Waals surface area contributed by atoms with E-state index >= 15 is 0 Å². The SMILES string of the molecule is Cc1cnc(C(C)NC(=O)C(F)(F)F)s1. The molecule has 1 amide bonds. The Labute approximate surface area is 88.3 Å². The molecule has 3 nitrogen and oxygen atoms in total. The zero-order valence-corrected chi connectivity index (χ0v) is 8.87. The van der Waals surface area contributed by atoms with Gasteiger partial charge in [-0.15, -0.1) is 11.3 Å². The first kappa shape index (κ1) is 12.0. The van der Waals surface area contributed by atoms with Crippen molar-refractivity contribution < 1.29 is 18.0 Å². The molecule has 0 aliphatic carbocycles. The summed E-state index contributed by atoms with van der Waals surface area (Å²) in [5.74, 6) is -1.94. The van der Waals surface area contributed by atoms with Crippen LogP contribution in [0.15, 0.2) is 6.20 Å². The van der Waals surface area contributed by atoms with Crippen LogP contribution in [0.5, 0.6) is 0 Å². The standard InChI is InChI=1S/C8H9F3N2OS/c1-4-3-12-6(15-4)5(2)13-7(14)8(9,10)11/h3,5H,1-2H3,(H,13,14). The molecule has 0 aliphatic rings. The van der Waals surface area contributed by atoms with Crippen molar-refractivity contribution in [1.29, 1.82) is 0 Å². The summed E-state index contributed by atoms with van der Waals surface area (Å²) >= 11 is 1.26. The van der Waals surface area contributed by atoms with E-state index in [1.165, 1.54) is 18.3 Å². The van der Waals surface area contributed by atoms with Gasteiger partial charge >= 0.3 is 12.1 Å². The molecule has 0 aliphatic heterocycles. The smallest absolute Gasteiger partial charge is 0.339 e. The van der Waals surface area contributed by atoms with Gasteiger partial charge in [0.05, 0.1) is 6.04 Å². The Morgan fingerprint density at radius 2 is 2.20 bits per heavy atom. The van der Waals surface area contributed by atoms with Crippen LogP contribution < -0.4 is 5.32 Å². The molecule has 0 fully saturated rings. The van der Waals surface area contributed by atoms with E-state index in [9.17, 15) is 18.0 Å². The van der Waals surface area contributed by atoms with Crippen molar-refractivity contribution in [2.75, 3.05) is 0 Å². The van der Waals surface area contributed by atoms with Gasteiger partial charge in [0.2, 0.25) is 0 Å². The van der Waals surface area contributed by atoms with Crippen molar-refractivity contribution in [2.24, 2.45) is 0 Å². The van der Waals surface area contributed by atoms with Gasteiger partial charge in [0.25, 0.3) is 0 Å². The molecular formula is C8H9F3N2OS. The first-order chi connectivity index (χ1) is 6.80. The average molecular weight is 238 g/mol. The lowest BCUT2D eigenvalue weighted by Crippen LogP contribution is -2.38. The van der Waals surface area contributed by atoms with E-state index in [2.05, 4.69) is 4.98 Å². The number of aryl methyl sites for hydroxylation is 1. The molecule has 1 aromatic heterocycles. The molecule has 0 spiro atoms. The highest BCUT2D eigenvalue weighted by atomic mass is 32.1. The molecule has 1 unspecified atom stereocenters. The van der Waals surface area contributed by atoms with Gasteiger partial charge < -0.3 is 5.32 Å². The van der Waals surface area contributed by atoms with Crippen LogP contribution in [0.25, 0.3) is 0 Å². The lowest BCUT2D eigenvalue weighted by molar-refractivity contribution is -0.174. The minimum absolute atomic E-state index is 0.463. The van der Waals surface area contributed by atoms with Crippen LogP contribution in [0.2, 0.25) is 0 Å². The van der Waals surface area contributed by atoms with E-state index < -0.39 is 18.1 Å². The largest absolute Gasteiger partial charge is 0.471 e. The second kappa shape index (κ2) is 4.18. The van der Waals surface area contributed by atoms with Crippen molar-refractivity contribution >= 4 is 17.2 Å². The lowest BCUT2D eigenvalue weighted by Gasteiger charge is -2.12. The average Bonchev–Trinajstić information content (AvgIpc) is 2.50. The Morgan fingerprint density at radius 3 is 2.60 bits per heavy atom. The maximum Gasteiger partial charge on any atom is 0.471 e. The Bertz CT molecular complexity index is 361. The Morgan fingerprint density at radius 1 is 1.60 bits per heavy atom. The highest BCUT2D eigenvalue weighted by Gasteiger charge is 2.39. The molecule has 0 radical (unpaired) electrons. The second-order valence-corrected chi connectivity index (χ2v) is 4.27. The lowest BCUT2D eigenvalue weighted by atomic mass is 10.3. The maximum atomic E-state index is 11.9. The summed E-state index contributed by atoms with van der Waals surface area (Å²) in [6.45, 7) is 3.25. The fourth-order valence-electron chi connectivity index (χ4n) is 0.913. The molecule has 0 saturated carbocycles. The Kier molecular flexibility index (Phi) is 3.33. The van der Waals surface area contributed by atoms with Gasteiger partial charge in [0.1, 0.15) is 5.01 Å². The summed E-state index contributed by atoms with van der Waals surface area (Å²) in [5.41, 5.74) is 0. The predicted octanol–water partition coefficient (Wildman–Crippen LogP) is 2.19. The normalized spacial score (nSPS) is 13.7. The number of hydrogen-bond donors (Lipinski definition) is 1. The fraction of sp³-hybridized carbons (Fsp3) is 0.500. The molecule has 15 heavy (non-hydrogen) atoms. The molecule has 1 atom stereocenters. The van der Waals surface area contributed by atoms with Gasteiger partial charge in [0, 0.05) is 11.1 Å². The van der Waals surface area contributed by atoms with E-state index in [1.807, 2.05) is 5.32 Å². The third-order valence-electron chi connectivity index (χ3n) is 1.61. The number of carbonyl (C=O) groups excluding carboxylic acids is 1. The molecular weight excluding hydrogens is 229 g/mol. The number of carbonyl (C=O) groups is 1. The predicted molar refractivity (Wildman–Crippen MR) is 49.5 cm³/mol. The molecule has 7 heteroatoms. The fourth-order valence-corrected chi connectivity index (χ4v) is 1.69. The highest BCUT2D eigenvalue weighted by Crippen LogP contribution is 2.21. The summed E-state index contributed by atoms with van der Waals surface area (Å²) in [6, 6.07) is -0.724. The summed E-state index contributed by atoms with van der Waals surface area (Å²) in [4.78, 5) is 15.4. The van der Waals surface area contributed by atoms with Crippen LogP contribution in [-0.4, -0.2) is 17.1 Å². The van der Waals surface area contributed by atoms with Crippen molar-refractivity contribution in [1.82, 2.24) is 10.3 Å². The van der Waals surface area contributed by atoms with Crippen LogP contribution in [0.3, 0.4) is 0 Å². The van der Waals surface area contributed by atoms with Gasteiger partial charge in [0.15, 0.2) is 0 Å². The van der Waals surface area contributed by atoms with Crippen molar-refractivity contribution in [3.05, 3.63) is 16.1 Å². The number of thiazole rings is 1. The number of aromatic nitrogens is 1. The van der Waals surface area contributed by atoms with E-state index in [0.29, 0.717) is 5.01 Å². The number of rotatable bonds is 2. The number of alkyl halides is 3. The van der Waals surface area contributed by atoms with Crippen molar-refractivity contribution in [3.63, 3.8) is 0 Å². The zero-order valence-electron chi connectivity index (χ0n) is 8.05.